The molecule has 1 saturated heterocycles. The fourth-order valence-electron chi connectivity index (χ4n) is 5.09. The Morgan fingerprint density at radius 2 is 2.00 bits per heavy atom. The summed E-state index contributed by atoms with van der Waals surface area (Å²) in [4.78, 5) is 39.1. The van der Waals surface area contributed by atoms with E-state index < -0.39 is 34.7 Å². The van der Waals surface area contributed by atoms with Crippen molar-refractivity contribution in [2.75, 3.05) is 0 Å². The first-order valence-corrected chi connectivity index (χ1v) is 8.48. The number of ether oxygens (including phenoxy) is 2. The average molecular weight is 340 g/mol. The van der Waals surface area contributed by atoms with E-state index in [1.807, 2.05) is 19.9 Å². The largest absolute Gasteiger partial charge is 0.462 e. The lowest BCUT2D eigenvalue weighted by molar-refractivity contribution is -0.151. The van der Waals surface area contributed by atoms with Gasteiger partial charge in [-0.1, -0.05) is 32.1 Å². The molecule has 0 bridgehead atoms. The van der Waals surface area contributed by atoms with Crippen molar-refractivity contribution in [3.8, 4) is 5.75 Å². The van der Waals surface area contributed by atoms with Crippen molar-refractivity contribution in [3.05, 3.63) is 42.0 Å². The minimum absolute atomic E-state index is 0.281. The number of hydrogen-bond acceptors (Lipinski definition) is 5. The Labute approximate surface area is 146 Å². The summed E-state index contributed by atoms with van der Waals surface area (Å²) in [6, 6.07) is 5.20. The summed E-state index contributed by atoms with van der Waals surface area (Å²) in [6.07, 6.45) is 1.56. The van der Waals surface area contributed by atoms with Crippen LogP contribution in [-0.2, 0) is 14.3 Å². The number of carbonyl (C=O) groups is 3. The van der Waals surface area contributed by atoms with Gasteiger partial charge in [-0.15, -0.1) is 6.58 Å². The highest BCUT2D eigenvalue weighted by Crippen LogP contribution is 2.65. The number of benzene rings is 1. The second kappa shape index (κ2) is 4.81. The summed E-state index contributed by atoms with van der Waals surface area (Å²) in [5.41, 5.74) is -1.15. The zero-order chi connectivity index (χ0) is 18.1. The van der Waals surface area contributed by atoms with Gasteiger partial charge in [-0.3, -0.25) is 14.4 Å². The zero-order valence-electron chi connectivity index (χ0n) is 14.5. The second-order valence-electron chi connectivity index (χ2n) is 7.59. The minimum Gasteiger partial charge on any atom is -0.462 e. The van der Waals surface area contributed by atoms with Crippen molar-refractivity contribution < 1.29 is 23.9 Å². The number of hydrogen-bond donors (Lipinski definition) is 0. The third-order valence-corrected chi connectivity index (χ3v) is 6.40. The summed E-state index contributed by atoms with van der Waals surface area (Å²) in [6.45, 7) is 9.26. The Balaban J connectivity index is 2.01. The molecular formula is C20H20O5. The van der Waals surface area contributed by atoms with Crippen LogP contribution in [0.2, 0.25) is 0 Å². The molecule has 0 aromatic heterocycles. The lowest BCUT2D eigenvalue weighted by Gasteiger charge is -2.44. The Kier molecular flexibility index (Phi) is 3.09. The molecule has 0 amide bonds. The molecule has 25 heavy (non-hydrogen) atoms. The van der Waals surface area contributed by atoms with Gasteiger partial charge in [0.05, 0.1) is 11.5 Å². The monoisotopic (exact) mass is 340 g/mol. The van der Waals surface area contributed by atoms with E-state index >= 15 is 0 Å². The van der Waals surface area contributed by atoms with Gasteiger partial charge < -0.3 is 9.47 Å². The summed E-state index contributed by atoms with van der Waals surface area (Å²) in [5, 5.41) is 0. The standard InChI is InChI=1S/C20H20O5/c1-5-19(4)9-13-15(11(3)17(22)24-13)20(19)16(21)14-10(2)7-6-8-12(14)25-18(20)23/h5-8,11,13,15H,1,9H2,2-4H3/t11-,13+,15+,19-,20?/m0/s1. The van der Waals surface area contributed by atoms with Gasteiger partial charge in [0.2, 0.25) is 0 Å². The Morgan fingerprint density at radius 1 is 1.28 bits per heavy atom. The van der Waals surface area contributed by atoms with Crippen LogP contribution in [0.15, 0.2) is 30.9 Å². The van der Waals surface area contributed by atoms with Crippen LogP contribution in [0.5, 0.6) is 5.75 Å². The summed E-state index contributed by atoms with van der Waals surface area (Å²) < 4.78 is 11.1. The molecule has 1 saturated carbocycles. The third kappa shape index (κ3) is 1.66. The van der Waals surface area contributed by atoms with Gasteiger partial charge in [0, 0.05) is 11.3 Å². The number of carbonyl (C=O) groups excluding carboxylic acids is 3. The third-order valence-electron chi connectivity index (χ3n) is 6.40. The lowest BCUT2D eigenvalue weighted by Crippen LogP contribution is -2.57. The normalized spacial score (nSPS) is 39.0. The molecule has 1 unspecified atom stereocenters. The van der Waals surface area contributed by atoms with E-state index in [1.165, 1.54) is 0 Å². The highest BCUT2D eigenvalue weighted by atomic mass is 16.6. The molecule has 1 aromatic carbocycles. The highest BCUT2D eigenvalue weighted by molar-refractivity contribution is 6.19. The van der Waals surface area contributed by atoms with Gasteiger partial charge in [-0.2, -0.15) is 0 Å². The van der Waals surface area contributed by atoms with Gasteiger partial charge in [-0.25, -0.2) is 0 Å². The van der Waals surface area contributed by atoms with E-state index in [1.54, 1.807) is 25.1 Å². The molecule has 5 nitrogen and oxygen atoms in total. The topological polar surface area (TPSA) is 69.7 Å². The first-order valence-electron chi connectivity index (χ1n) is 8.48. The van der Waals surface area contributed by atoms with E-state index in [4.69, 9.17) is 9.47 Å². The van der Waals surface area contributed by atoms with Crippen LogP contribution in [0.4, 0.5) is 0 Å². The van der Waals surface area contributed by atoms with E-state index in [-0.39, 0.29) is 17.5 Å². The number of fused-ring (bicyclic) bond motifs is 3. The van der Waals surface area contributed by atoms with Crippen molar-refractivity contribution in [3.63, 3.8) is 0 Å². The predicted molar refractivity (Wildman–Crippen MR) is 89.0 cm³/mol. The Hall–Kier alpha value is -2.43. The molecule has 130 valence electrons. The van der Waals surface area contributed by atoms with Crippen LogP contribution >= 0.6 is 0 Å². The molecule has 0 radical (unpaired) electrons. The number of esters is 2. The average Bonchev–Trinajstić information content (AvgIpc) is 2.97. The quantitative estimate of drug-likeness (QED) is 0.340. The van der Waals surface area contributed by atoms with E-state index in [0.29, 0.717) is 12.0 Å². The van der Waals surface area contributed by atoms with Crippen LogP contribution < -0.4 is 4.74 Å². The SMILES string of the molecule is C=C[C@@]1(C)C[C@H]2OC(=O)[C@@H](C)[C@H]2C12C(=O)Oc1cccc(C)c1C2=O. The molecule has 4 rings (SSSR count). The zero-order valence-corrected chi connectivity index (χ0v) is 14.5. The molecule has 2 heterocycles. The second-order valence-corrected chi connectivity index (χ2v) is 7.59. The van der Waals surface area contributed by atoms with Crippen molar-refractivity contribution >= 4 is 17.7 Å². The van der Waals surface area contributed by atoms with Gasteiger partial charge in [-0.05, 0) is 25.0 Å². The first kappa shape index (κ1) is 16.1. The van der Waals surface area contributed by atoms with E-state index in [9.17, 15) is 14.4 Å². The lowest BCUT2D eigenvalue weighted by atomic mass is 9.56. The molecule has 5 atom stereocenters. The summed E-state index contributed by atoms with van der Waals surface area (Å²) in [5.74, 6) is -2.05. The maximum Gasteiger partial charge on any atom is 0.326 e. The smallest absolute Gasteiger partial charge is 0.326 e. The Bertz CT molecular complexity index is 840. The maximum absolute atomic E-state index is 13.7. The van der Waals surface area contributed by atoms with Crippen molar-refractivity contribution in [2.24, 2.45) is 22.7 Å². The molecule has 0 N–H and O–H groups in total. The molecule has 1 spiro atoms. The maximum atomic E-state index is 13.7. The highest BCUT2D eigenvalue weighted by Gasteiger charge is 2.75. The van der Waals surface area contributed by atoms with Gasteiger partial charge in [0.25, 0.3) is 0 Å². The van der Waals surface area contributed by atoms with E-state index in [0.717, 1.165) is 5.56 Å². The first-order chi connectivity index (χ1) is 11.8. The van der Waals surface area contributed by atoms with Gasteiger partial charge in [0.15, 0.2) is 5.78 Å². The number of Topliss-reactive ketones (excluding diaryl/α,β-unsaturated/α-hetero) is 1. The predicted octanol–water partition coefficient (Wildman–Crippen LogP) is 2.86. The molecular weight excluding hydrogens is 320 g/mol. The van der Waals surface area contributed by atoms with Crippen molar-refractivity contribution in [1.82, 2.24) is 0 Å². The van der Waals surface area contributed by atoms with Crippen LogP contribution in [0.1, 0.15) is 36.2 Å². The van der Waals surface area contributed by atoms with E-state index in [2.05, 4.69) is 6.58 Å². The number of rotatable bonds is 1. The molecule has 5 heteroatoms. The molecule has 1 aliphatic carbocycles. The van der Waals surface area contributed by atoms with Crippen molar-refractivity contribution in [1.29, 1.82) is 0 Å². The minimum atomic E-state index is -1.48. The molecule has 1 aromatic rings. The van der Waals surface area contributed by atoms with Gasteiger partial charge >= 0.3 is 11.9 Å². The van der Waals surface area contributed by atoms with Crippen molar-refractivity contribution in [2.45, 2.75) is 33.3 Å². The van der Waals surface area contributed by atoms with Crippen LogP contribution in [0, 0.1) is 29.6 Å². The fourth-order valence-corrected chi connectivity index (χ4v) is 5.09. The molecule has 2 aliphatic heterocycles. The number of allylic oxidation sites excluding steroid dienone is 1. The van der Waals surface area contributed by atoms with Crippen LogP contribution in [-0.4, -0.2) is 23.8 Å². The summed E-state index contributed by atoms with van der Waals surface area (Å²) >= 11 is 0. The number of ketones is 1. The van der Waals surface area contributed by atoms with Crippen LogP contribution in [0.3, 0.4) is 0 Å². The molecule has 2 fully saturated rings. The Morgan fingerprint density at radius 3 is 2.68 bits per heavy atom. The molecule has 3 aliphatic rings. The number of aryl methyl sites for hydroxylation is 1. The fraction of sp³-hybridized carbons (Fsp3) is 0.450. The van der Waals surface area contributed by atoms with Gasteiger partial charge in [0.1, 0.15) is 17.3 Å². The summed E-state index contributed by atoms with van der Waals surface area (Å²) in [7, 11) is 0. The van der Waals surface area contributed by atoms with Crippen LogP contribution in [0.25, 0.3) is 0 Å².